The minimum Gasteiger partial charge on any atom is -0.336 e. The molecular formula is C19H21N5O2. The second-order valence-corrected chi connectivity index (χ2v) is 6.00. The summed E-state index contributed by atoms with van der Waals surface area (Å²) in [7, 11) is 1.69. The summed E-state index contributed by atoms with van der Waals surface area (Å²) >= 11 is 0. The van der Waals surface area contributed by atoms with Crippen LogP contribution in [0.15, 0.2) is 59.4 Å². The van der Waals surface area contributed by atoms with Crippen LogP contribution in [0.25, 0.3) is 11.4 Å². The molecule has 134 valence electrons. The van der Waals surface area contributed by atoms with Crippen molar-refractivity contribution in [3.8, 4) is 11.4 Å². The third-order valence-electron chi connectivity index (χ3n) is 3.96. The van der Waals surface area contributed by atoms with Crippen LogP contribution in [-0.4, -0.2) is 26.9 Å². The van der Waals surface area contributed by atoms with Crippen LogP contribution in [0.2, 0.25) is 0 Å². The first-order valence-corrected chi connectivity index (χ1v) is 8.35. The number of hydrogen-bond donors (Lipinski definition) is 2. The Bertz CT molecular complexity index is 960. The molecule has 26 heavy (non-hydrogen) atoms. The second-order valence-electron chi connectivity index (χ2n) is 6.00. The van der Waals surface area contributed by atoms with E-state index in [1.807, 2.05) is 61.5 Å². The number of rotatable bonds is 5. The van der Waals surface area contributed by atoms with E-state index < -0.39 is 0 Å². The average Bonchev–Trinajstić information content (AvgIpc) is 2.91. The summed E-state index contributed by atoms with van der Waals surface area (Å²) < 4.78 is 2.86. The molecule has 0 radical (unpaired) electrons. The van der Waals surface area contributed by atoms with E-state index >= 15 is 0 Å². The molecule has 2 aromatic carbocycles. The molecule has 0 aliphatic carbocycles. The van der Waals surface area contributed by atoms with Crippen molar-refractivity contribution in [3.05, 3.63) is 70.6 Å². The van der Waals surface area contributed by atoms with Crippen LogP contribution < -0.4 is 16.3 Å². The van der Waals surface area contributed by atoms with Gasteiger partial charge in [0.2, 0.25) is 0 Å². The van der Waals surface area contributed by atoms with Gasteiger partial charge >= 0.3 is 11.7 Å². The number of urea groups is 1. The highest BCUT2D eigenvalue weighted by molar-refractivity contribution is 5.89. The number of carbonyl (C=O) groups is 1. The van der Waals surface area contributed by atoms with Gasteiger partial charge in [-0.05, 0) is 24.6 Å². The molecule has 0 bridgehead atoms. The van der Waals surface area contributed by atoms with Crippen molar-refractivity contribution >= 4 is 11.7 Å². The van der Waals surface area contributed by atoms with Crippen LogP contribution in [-0.2, 0) is 13.6 Å². The lowest BCUT2D eigenvalue weighted by Crippen LogP contribution is -2.34. The lowest BCUT2D eigenvalue weighted by atomic mass is 10.2. The van der Waals surface area contributed by atoms with Crippen molar-refractivity contribution < 1.29 is 4.79 Å². The van der Waals surface area contributed by atoms with Gasteiger partial charge in [0, 0.05) is 24.8 Å². The summed E-state index contributed by atoms with van der Waals surface area (Å²) in [4.78, 5) is 24.3. The van der Waals surface area contributed by atoms with E-state index in [4.69, 9.17) is 0 Å². The predicted octanol–water partition coefficient (Wildman–Crippen LogP) is 2.38. The molecule has 7 nitrogen and oxygen atoms in total. The van der Waals surface area contributed by atoms with Crippen molar-refractivity contribution in [1.29, 1.82) is 0 Å². The van der Waals surface area contributed by atoms with Crippen molar-refractivity contribution in [2.45, 2.75) is 13.5 Å². The molecule has 0 fully saturated rings. The van der Waals surface area contributed by atoms with Gasteiger partial charge in [0.05, 0.1) is 6.54 Å². The summed E-state index contributed by atoms with van der Waals surface area (Å²) in [5.74, 6) is 0.597. The number of carbonyl (C=O) groups excluding carboxylic acids is 1. The van der Waals surface area contributed by atoms with Gasteiger partial charge in [0.1, 0.15) is 0 Å². The molecule has 0 aliphatic heterocycles. The molecule has 1 heterocycles. The monoisotopic (exact) mass is 351 g/mol. The topological polar surface area (TPSA) is 81.0 Å². The van der Waals surface area contributed by atoms with Gasteiger partial charge in [-0.25, -0.2) is 14.3 Å². The number of anilines is 1. The number of nitrogens with one attached hydrogen (secondary N) is 2. The van der Waals surface area contributed by atoms with Gasteiger partial charge in [0.15, 0.2) is 5.82 Å². The maximum atomic E-state index is 12.3. The van der Waals surface area contributed by atoms with Crippen LogP contribution in [0.5, 0.6) is 0 Å². The number of benzene rings is 2. The molecular weight excluding hydrogens is 330 g/mol. The maximum Gasteiger partial charge on any atom is 0.345 e. The van der Waals surface area contributed by atoms with Crippen LogP contribution in [0.4, 0.5) is 10.5 Å². The molecule has 0 saturated heterocycles. The lowest BCUT2D eigenvalue weighted by molar-refractivity contribution is 0.251. The van der Waals surface area contributed by atoms with Crippen LogP contribution >= 0.6 is 0 Å². The summed E-state index contributed by atoms with van der Waals surface area (Å²) in [6.45, 7) is 2.55. The van der Waals surface area contributed by atoms with E-state index in [1.54, 1.807) is 7.05 Å². The fourth-order valence-electron chi connectivity index (χ4n) is 2.65. The van der Waals surface area contributed by atoms with E-state index in [-0.39, 0.29) is 11.7 Å². The van der Waals surface area contributed by atoms with E-state index in [2.05, 4.69) is 15.7 Å². The summed E-state index contributed by atoms with van der Waals surface area (Å²) in [5, 5.41) is 9.87. The average molecular weight is 351 g/mol. The SMILES string of the molecule is Cc1cccc(NC(=O)NCCn2nc(-c3ccccc3)n(C)c2=O)c1. The number of aryl methyl sites for hydroxylation is 1. The number of hydrogen-bond acceptors (Lipinski definition) is 3. The molecule has 3 rings (SSSR count). The summed E-state index contributed by atoms with van der Waals surface area (Å²) in [6, 6.07) is 16.7. The van der Waals surface area contributed by atoms with Gasteiger partial charge < -0.3 is 10.6 Å². The minimum atomic E-state index is -0.317. The molecule has 0 atom stereocenters. The normalized spacial score (nSPS) is 10.5. The van der Waals surface area contributed by atoms with Gasteiger partial charge in [-0.2, -0.15) is 0 Å². The van der Waals surface area contributed by atoms with Gasteiger partial charge in [0.25, 0.3) is 0 Å². The maximum absolute atomic E-state index is 12.3. The first-order chi connectivity index (χ1) is 12.5. The summed E-state index contributed by atoms with van der Waals surface area (Å²) in [6.07, 6.45) is 0. The minimum absolute atomic E-state index is 0.218. The molecule has 0 spiro atoms. The first kappa shape index (κ1) is 17.5. The van der Waals surface area contributed by atoms with Crippen LogP contribution in [0, 0.1) is 6.92 Å². The molecule has 0 unspecified atom stereocenters. The Hall–Kier alpha value is -3.35. The van der Waals surface area contributed by atoms with Crippen molar-refractivity contribution in [2.24, 2.45) is 7.05 Å². The molecule has 2 N–H and O–H groups in total. The molecule has 1 aromatic heterocycles. The number of amides is 2. The van der Waals surface area contributed by atoms with Gasteiger partial charge in [-0.3, -0.25) is 4.57 Å². The first-order valence-electron chi connectivity index (χ1n) is 8.35. The zero-order valence-electron chi connectivity index (χ0n) is 14.8. The molecule has 0 saturated carbocycles. The van der Waals surface area contributed by atoms with Crippen molar-refractivity contribution in [2.75, 3.05) is 11.9 Å². The Morgan fingerprint density at radius 1 is 1.12 bits per heavy atom. The molecule has 3 aromatic rings. The third-order valence-corrected chi connectivity index (χ3v) is 3.96. The molecule has 2 amide bonds. The van der Waals surface area contributed by atoms with Crippen molar-refractivity contribution in [1.82, 2.24) is 19.7 Å². The fraction of sp³-hybridized carbons (Fsp3) is 0.211. The highest BCUT2D eigenvalue weighted by atomic mass is 16.2. The lowest BCUT2D eigenvalue weighted by Gasteiger charge is -2.07. The number of nitrogens with zero attached hydrogens (tertiary/aromatic N) is 3. The van der Waals surface area contributed by atoms with E-state index in [0.29, 0.717) is 18.9 Å². The summed E-state index contributed by atoms with van der Waals surface area (Å²) in [5.41, 5.74) is 2.45. The quantitative estimate of drug-likeness (QED) is 0.740. The smallest absolute Gasteiger partial charge is 0.336 e. The fourth-order valence-corrected chi connectivity index (χ4v) is 2.65. The Morgan fingerprint density at radius 3 is 2.62 bits per heavy atom. The highest BCUT2D eigenvalue weighted by Crippen LogP contribution is 2.13. The molecule has 7 heteroatoms. The highest BCUT2D eigenvalue weighted by Gasteiger charge is 2.11. The largest absolute Gasteiger partial charge is 0.345 e. The number of aromatic nitrogens is 3. The Morgan fingerprint density at radius 2 is 1.88 bits per heavy atom. The second kappa shape index (κ2) is 7.69. The molecule has 0 aliphatic rings. The van der Waals surface area contributed by atoms with E-state index in [9.17, 15) is 9.59 Å². The van der Waals surface area contributed by atoms with Crippen LogP contribution in [0.3, 0.4) is 0 Å². The van der Waals surface area contributed by atoms with Crippen LogP contribution in [0.1, 0.15) is 5.56 Å². The third kappa shape index (κ3) is 4.00. The Labute approximate surface area is 151 Å². The standard InChI is InChI=1S/C19H21N5O2/c1-14-7-6-10-16(13-14)21-18(25)20-11-12-24-19(26)23(2)17(22-24)15-8-4-3-5-9-15/h3-10,13H,11-12H2,1-2H3,(H2,20,21,25). The van der Waals surface area contributed by atoms with E-state index in [1.165, 1.54) is 9.25 Å². The zero-order chi connectivity index (χ0) is 18.5. The zero-order valence-corrected chi connectivity index (χ0v) is 14.8. The Kier molecular flexibility index (Phi) is 5.17. The van der Waals surface area contributed by atoms with Gasteiger partial charge in [-0.1, -0.05) is 42.5 Å². The van der Waals surface area contributed by atoms with Gasteiger partial charge in [-0.15, -0.1) is 5.10 Å². The van der Waals surface area contributed by atoms with E-state index in [0.717, 1.165) is 16.8 Å². The van der Waals surface area contributed by atoms with Crippen molar-refractivity contribution in [3.63, 3.8) is 0 Å². The predicted molar refractivity (Wildman–Crippen MR) is 101 cm³/mol. The Balaban J connectivity index is 1.60.